The van der Waals surface area contributed by atoms with E-state index in [1.165, 1.54) is 22.0 Å². The van der Waals surface area contributed by atoms with Crippen molar-refractivity contribution < 1.29 is 4.79 Å². The fourth-order valence-corrected chi connectivity index (χ4v) is 2.62. The summed E-state index contributed by atoms with van der Waals surface area (Å²) in [7, 11) is 1.83. The molecule has 0 fully saturated rings. The van der Waals surface area contributed by atoms with Gasteiger partial charge in [-0.25, -0.2) is 0 Å². The van der Waals surface area contributed by atoms with Gasteiger partial charge in [-0.2, -0.15) is 4.99 Å². The molecule has 7 heteroatoms. The fraction of sp³-hybridized carbons (Fsp3) is 0.250. The third kappa shape index (κ3) is 3.74. The van der Waals surface area contributed by atoms with E-state index in [9.17, 15) is 9.59 Å². The van der Waals surface area contributed by atoms with Crippen LogP contribution < -0.4 is 10.4 Å². The molecule has 0 saturated heterocycles. The third-order valence-corrected chi connectivity index (χ3v) is 3.81. The van der Waals surface area contributed by atoms with Gasteiger partial charge in [0, 0.05) is 48.3 Å². The first-order valence-corrected chi connectivity index (χ1v) is 7.27. The van der Waals surface area contributed by atoms with E-state index in [4.69, 9.17) is 0 Å². The van der Waals surface area contributed by atoms with Gasteiger partial charge in [-0.3, -0.25) is 9.59 Å². The van der Waals surface area contributed by atoms with Crippen molar-refractivity contribution in [2.24, 2.45) is 12.0 Å². The van der Waals surface area contributed by atoms with Gasteiger partial charge in [-0.15, -0.1) is 11.3 Å². The highest BCUT2D eigenvalue weighted by atomic mass is 79.9. The van der Waals surface area contributed by atoms with Crippen molar-refractivity contribution in [1.82, 2.24) is 9.13 Å². The summed E-state index contributed by atoms with van der Waals surface area (Å²) in [4.78, 5) is 27.9. The standard InChI is InChI=1S/C12H12BrN3O2S/c1-15-6-7-19-12(15)14-10(17)4-5-16-8-9(13)2-3-11(16)18/h2-3,6-8H,4-5H2,1H3. The van der Waals surface area contributed by atoms with Crippen molar-refractivity contribution in [2.75, 3.05) is 0 Å². The second-order valence-corrected chi connectivity index (χ2v) is 5.72. The summed E-state index contributed by atoms with van der Waals surface area (Å²) < 4.78 is 4.08. The molecular weight excluding hydrogens is 330 g/mol. The second kappa shape index (κ2) is 6.12. The Balaban J connectivity index is 2.07. The summed E-state index contributed by atoms with van der Waals surface area (Å²) in [6.45, 7) is 0.329. The van der Waals surface area contributed by atoms with Gasteiger partial charge in [0.1, 0.15) is 0 Å². The van der Waals surface area contributed by atoms with E-state index in [0.29, 0.717) is 11.3 Å². The number of aryl methyl sites for hydroxylation is 2. The molecule has 0 spiro atoms. The molecule has 0 unspecified atom stereocenters. The fourth-order valence-electron chi connectivity index (χ4n) is 1.49. The SMILES string of the molecule is Cn1ccsc1=NC(=O)CCn1cc(Br)ccc1=O. The maximum atomic E-state index is 11.7. The molecule has 100 valence electrons. The van der Waals surface area contributed by atoms with Crippen molar-refractivity contribution in [3.05, 3.63) is 49.5 Å². The highest BCUT2D eigenvalue weighted by Gasteiger charge is 2.03. The Hall–Kier alpha value is -1.47. The number of amides is 1. The number of rotatable bonds is 3. The Morgan fingerprint density at radius 2 is 2.26 bits per heavy atom. The van der Waals surface area contributed by atoms with Crippen LogP contribution in [0, 0.1) is 0 Å². The Labute approximate surface area is 122 Å². The Morgan fingerprint density at radius 3 is 2.95 bits per heavy atom. The minimum Gasteiger partial charge on any atom is -0.327 e. The molecule has 2 aromatic heterocycles. The zero-order chi connectivity index (χ0) is 13.8. The van der Waals surface area contributed by atoms with Crippen molar-refractivity contribution in [2.45, 2.75) is 13.0 Å². The molecule has 2 aromatic rings. The van der Waals surface area contributed by atoms with Crippen molar-refractivity contribution in [3.63, 3.8) is 0 Å². The molecule has 5 nitrogen and oxygen atoms in total. The monoisotopic (exact) mass is 341 g/mol. The maximum Gasteiger partial charge on any atom is 0.250 e. The van der Waals surface area contributed by atoms with Crippen LogP contribution in [0.15, 0.2) is 44.2 Å². The van der Waals surface area contributed by atoms with Gasteiger partial charge in [0.15, 0.2) is 4.80 Å². The van der Waals surface area contributed by atoms with E-state index in [2.05, 4.69) is 20.9 Å². The molecule has 0 N–H and O–H groups in total. The zero-order valence-electron chi connectivity index (χ0n) is 10.2. The van der Waals surface area contributed by atoms with E-state index < -0.39 is 0 Å². The summed E-state index contributed by atoms with van der Waals surface area (Å²) >= 11 is 4.70. The topological polar surface area (TPSA) is 56.4 Å². The maximum absolute atomic E-state index is 11.7. The largest absolute Gasteiger partial charge is 0.327 e. The van der Waals surface area contributed by atoms with Crippen molar-refractivity contribution >= 4 is 33.2 Å². The van der Waals surface area contributed by atoms with Crippen LogP contribution in [0.3, 0.4) is 0 Å². The van der Waals surface area contributed by atoms with Gasteiger partial charge in [0.25, 0.3) is 5.56 Å². The van der Waals surface area contributed by atoms with Crippen LogP contribution in [0.25, 0.3) is 0 Å². The molecule has 0 radical (unpaired) electrons. The minimum atomic E-state index is -0.232. The van der Waals surface area contributed by atoms with Gasteiger partial charge < -0.3 is 9.13 Å². The van der Waals surface area contributed by atoms with Gasteiger partial charge in [0.05, 0.1) is 0 Å². The summed E-state index contributed by atoms with van der Waals surface area (Å²) in [5.41, 5.74) is -0.127. The van der Waals surface area contributed by atoms with Crippen LogP contribution in [-0.2, 0) is 18.4 Å². The van der Waals surface area contributed by atoms with Crippen LogP contribution in [-0.4, -0.2) is 15.0 Å². The Kier molecular flexibility index (Phi) is 4.49. The van der Waals surface area contributed by atoms with E-state index >= 15 is 0 Å². The second-order valence-electron chi connectivity index (χ2n) is 3.93. The average molecular weight is 342 g/mol. The Bertz CT molecular complexity index is 714. The lowest BCUT2D eigenvalue weighted by atomic mass is 10.4. The first-order chi connectivity index (χ1) is 9.06. The lowest BCUT2D eigenvalue weighted by Gasteiger charge is -2.03. The van der Waals surface area contributed by atoms with Crippen molar-refractivity contribution in [1.29, 1.82) is 0 Å². The quantitative estimate of drug-likeness (QED) is 0.849. The van der Waals surface area contributed by atoms with Crippen LogP contribution in [0.2, 0.25) is 0 Å². The van der Waals surface area contributed by atoms with Crippen LogP contribution in [0.4, 0.5) is 0 Å². The summed E-state index contributed by atoms with van der Waals surface area (Å²) in [6.07, 6.45) is 3.71. The number of hydrogen-bond acceptors (Lipinski definition) is 3. The number of nitrogens with zero attached hydrogens (tertiary/aromatic N) is 3. The van der Waals surface area contributed by atoms with Gasteiger partial charge >= 0.3 is 0 Å². The summed E-state index contributed by atoms with van der Waals surface area (Å²) in [5, 5.41) is 1.87. The molecule has 0 aliphatic heterocycles. The molecule has 1 amide bonds. The zero-order valence-corrected chi connectivity index (χ0v) is 12.6. The average Bonchev–Trinajstić information content (AvgIpc) is 2.76. The number of hydrogen-bond donors (Lipinski definition) is 0. The first-order valence-electron chi connectivity index (χ1n) is 5.60. The van der Waals surface area contributed by atoms with Crippen LogP contribution in [0.5, 0.6) is 0 Å². The van der Waals surface area contributed by atoms with Crippen molar-refractivity contribution in [3.8, 4) is 0 Å². The van der Waals surface area contributed by atoms with E-state index in [-0.39, 0.29) is 17.9 Å². The molecule has 19 heavy (non-hydrogen) atoms. The highest BCUT2D eigenvalue weighted by molar-refractivity contribution is 9.10. The molecule has 0 saturated carbocycles. The number of carbonyl (C=O) groups is 1. The van der Waals surface area contributed by atoms with E-state index in [1.807, 2.05) is 18.6 Å². The molecule has 0 aliphatic carbocycles. The van der Waals surface area contributed by atoms with E-state index in [0.717, 1.165) is 4.47 Å². The third-order valence-electron chi connectivity index (χ3n) is 2.49. The van der Waals surface area contributed by atoms with Crippen LogP contribution >= 0.6 is 27.3 Å². The first kappa shape index (κ1) is 14.0. The number of halogens is 1. The number of aromatic nitrogens is 2. The lowest BCUT2D eigenvalue weighted by Crippen LogP contribution is -2.20. The summed E-state index contributed by atoms with van der Waals surface area (Å²) in [5.74, 6) is -0.232. The predicted octanol–water partition coefficient (Wildman–Crippen LogP) is 1.53. The molecule has 2 rings (SSSR count). The number of pyridine rings is 1. The van der Waals surface area contributed by atoms with Gasteiger partial charge in [-0.1, -0.05) is 0 Å². The number of thiazole rings is 1. The Morgan fingerprint density at radius 1 is 1.47 bits per heavy atom. The lowest BCUT2D eigenvalue weighted by molar-refractivity contribution is -0.118. The molecule has 0 aliphatic rings. The normalized spacial score (nSPS) is 11.8. The molecule has 0 aromatic carbocycles. The minimum absolute atomic E-state index is 0.127. The predicted molar refractivity (Wildman–Crippen MR) is 76.9 cm³/mol. The smallest absolute Gasteiger partial charge is 0.250 e. The summed E-state index contributed by atoms with van der Waals surface area (Å²) in [6, 6.07) is 3.14. The van der Waals surface area contributed by atoms with Gasteiger partial charge in [0.2, 0.25) is 5.91 Å². The van der Waals surface area contributed by atoms with Gasteiger partial charge in [-0.05, 0) is 22.0 Å². The van der Waals surface area contributed by atoms with Crippen LogP contribution in [0.1, 0.15) is 6.42 Å². The molecule has 0 bridgehead atoms. The number of carbonyl (C=O) groups excluding carboxylic acids is 1. The molecule has 0 atom stereocenters. The van der Waals surface area contributed by atoms with E-state index in [1.54, 1.807) is 16.8 Å². The highest BCUT2D eigenvalue weighted by Crippen LogP contribution is 2.05. The molecule has 2 heterocycles. The molecular formula is C12H12BrN3O2S.